The minimum atomic E-state index is -0.366. The van der Waals surface area contributed by atoms with Crippen LogP contribution in [0.25, 0.3) is 10.9 Å². The third-order valence-electron chi connectivity index (χ3n) is 5.63. The summed E-state index contributed by atoms with van der Waals surface area (Å²) in [6.07, 6.45) is 0. The van der Waals surface area contributed by atoms with Gasteiger partial charge in [-0.3, -0.25) is 15.3 Å². The molecule has 11 heteroatoms. The SMILES string of the molecule is Cc1n[nH]c(=S)n(Nc2nc(NCc3ccccc3Sc3ccccc3CO)nc3ccccc23)c1=O. The van der Waals surface area contributed by atoms with Crippen molar-refractivity contribution >= 4 is 46.6 Å². The van der Waals surface area contributed by atoms with Crippen LogP contribution in [-0.2, 0) is 13.2 Å². The molecule has 2 aromatic heterocycles. The molecule has 0 aliphatic carbocycles. The Morgan fingerprint density at radius 2 is 1.65 bits per heavy atom. The first kappa shape index (κ1) is 24.6. The lowest BCUT2D eigenvalue weighted by molar-refractivity contribution is 0.279. The Bertz CT molecular complexity index is 1700. The number of aryl methyl sites for hydroxylation is 1. The van der Waals surface area contributed by atoms with E-state index in [1.54, 1.807) is 18.7 Å². The van der Waals surface area contributed by atoms with Crippen LogP contribution >= 0.6 is 24.0 Å². The lowest BCUT2D eigenvalue weighted by atomic mass is 10.2. The number of benzene rings is 3. The first-order chi connectivity index (χ1) is 18.0. The molecular weight excluding hydrogens is 506 g/mol. The molecule has 5 rings (SSSR count). The van der Waals surface area contributed by atoms with E-state index in [0.717, 1.165) is 26.3 Å². The quantitative estimate of drug-likeness (QED) is 0.212. The minimum Gasteiger partial charge on any atom is -0.392 e. The summed E-state index contributed by atoms with van der Waals surface area (Å²) >= 11 is 6.86. The summed E-state index contributed by atoms with van der Waals surface area (Å²) in [6, 6.07) is 23.4. The number of aromatic amines is 1. The van der Waals surface area contributed by atoms with Crippen LogP contribution in [0.2, 0.25) is 0 Å². The van der Waals surface area contributed by atoms with E-state index in [0.29, 0.717) is 23.8 Å². The van der Waals surface area contributed by atoms with E-state index in [-0.39, 0.29) is 22.6 Å². The van der Waals surface area contributed by atoms with Gasteiger partial charge in [0.1, 0.15) is 5.69 Å². The topological polar surface area (TPSA) is 121 Å². The Hall–Kier alpha value is -4.06. The molecule has 0 aliphatic heterocycles. The second-order valence-electron chi connectivity index (χ2n) is 8.11. The summed E-state index contributed by atoms with van der Waals surface area (Å²) in [5.41, 5.74) is 5.57. The lowest BCUT2D eigenvalue weighted by Gasteiger charge is -2.14. The molecule has 186 valence electrons. The van der Waals surface area contributed by atoms with Crippen LogP contribution < -0.4 is 16.3 Å². The largest absolute Gasteiger partial charge is 0.392 e. The Morgan fingerprint density at radius 1 is 0.973 bits per heavy atom. The van der Waals surface area contributed by atoms with Crippen molar-refractivity contribution < 1.29 is 5.11 Å². The summed E-state index contributed by atoms with van der Waals surface area (Å²) in [5.74, 6) is 0.824. The molecule has 0 spiro atoms. The fraction of sp³-hybridized carbons (Fsp3) is 0.115. The van der Waals surface area contributed by atoms with Crippen molar-refractivity contribution in [2.24, 2.45) is 0 Å². The van der Waals surface area contributed by atoms with Crippen LogP contribution in [-0.4, -0.2) is 29.9 Å². The first-order valence-corrected chi connectivity index (χ1v) is 12.7. The molecule has 3 aromatic carbocycles. The van der Waals surface area contributed by atoms with Crippen LogP contribution in [0.5, 0.6) is 0 Å². The molecule has 0 saturated carbocycles. The third-order valence-corrected chi connectivity index (χ3v) is 7.14. The predicted molar refractivity (Wildman–Crippen MR) is 147 cm³/mol. The monoisotopic (exact) mass is 529 g/mol. The highest BCUT2D eigenvalue weighted by atomic mass is 32.2. The van der Waals surface area contributed by atoms with Gasteiger partial charge in [0, 0.05) is 21.7 Å². The summed E-state index contributed by atoms with van der Waals surface area (Å²) in [4.78, 5) is 24.0. The Kier molecular flexibility index (Phi) is 7.26. The average molecular weight is 530 g/mol. The smallest absolute Gasteiger partial charge is 0.294 e. The van der Waals surface area contributed by atoms with Gasteiger partial charge in [-0.1, -0.05) is 60.3 Å². The van der Waals surface area contributed by atoms with Gasteiger partial charge < -0.3 is 10.4 Å². The number of hydrogen-bond acceptors (Lipinski definition) is 9. The summed E-state index contributed by atoms with van der Waals surface area (Å²) in [7, 11) is 0. The number of nitrogens with zero attached hydrogens (tertiary/aromatic N) is 4. The second kappa shape index (κ2) is 10.9. The van der Waals surface area contributed by atoms with Crippen molar-refractivity contribution in [3.8, 4) is 0 Å². The Balaban J connectivity index is 1.45. The van der Waals surface area contributed by atoms with Crippen molar-refractivity contribution in [3.05, 3.63) is 105 Å². The second-order valence-corrected chi connectivity index (χ2v) is 9.58. The first-order valence-electron chi connectivity index (χ1n) is 11.4. The zero-order chi connectivity index (χ0) is 25.8. The number of para-hydroxylation sites is 1. The van der Waals surface area contributed by atoms with Gasteiger partial charge in [0.15, 0.2) is 5.82 Å². The molecule has 0 amide bonds. The lowest BCUT2D eigenvalue weighted by Crippen LogP contribution is -2.31. The van der Waals surface area contributed by atoms with Gasteiger partial charge in [-0.2, -0.15) is 14.8 Å². The number of aromatic nitrogens is 5. The fourth-order valence-corrected chi connectivity index (χ4v) is 4.95. The van der Waals surface area contributed by atoms with Crippen molar-refractivity contribution in [3.63, 3.8) is 0 Å². The molecule has 0 radical (unpaired) electrons. The van der Waals surface area contributed by atoms with E-state index >= 15 is 0 Å². The highest BCUT2D eigenvalue weighted by Crippen LogP contribution is 2.33. The number of hydrogen-bond donors (Lipinski definition) is 4. The average Bonchev–Trinajstić information content (AvgIpc) is 2.93. The predicted octanol–water partition coefficient (Wildman–Crippen LogP) is 4.68. The van der Waals surface area contributed by atoms with Crippen LogP contribution in [0.4, 0.5) is 11.8 Å². The molecule has 37 heavy (non-hydrogen) atoms. The van der Waals surface area contributed by atoms with E-state index in [1.807, 2.05) is 72.8 Å². The minimum absolute atomic E-state index is 0.0197. The van der Waals surface area contributed by atoms with E-state index in [1.165, 1.54) is 4.68 Å². The summed E-state index contributed by atoms with van der Waals surface area (Å²) < 4.78 is 1.34. The molecular formula is C26H23N7O2S2. The molecule has 0 fully saturated rings. The molecule has 0 unspecified atom stereocenters. The molecule has 0 atom stereocenters. The normalized spacial score (nSPS) is 11.0. The Labute approximate surface area is 221 Å². The number of H-pyrrole nitrogens is 1. The molecule has 9 nitrogen and oxygen atoms in total. The van der Waals surface area contributed by atoms with Crippen molar-refractivity contribution in [2.45, 2.75) is 29.9 Å². The summed E-state index contributed by atoms with van der Waals surface area (Å²) in [5, 5.41) is 20.3. The maximum Gasteiger partial charge on any atom is 0.294 e. The van der Waals surface area contributed by atoms with E-state index in [4.69, 9.17) is 12.2 Å². The Morgan fingerprint density at radius 3 is 2.43 bits per heavy atom. The van der Waals surface area contributed by atoms with Crippen molar-refractivity contribution in [1.82, 2.24) is 24.8 Å². The molecule has 4 N–H and O–H groups in total. The van der Waals surface area contributed by atoms with Crippen LogP contribution in [0.1, 0.15) is 16.8 Å². The molecule has 0 bridgehead atoms. The van der Waals surface area contributed by atoms with E-state index in [9.17, 15) is 9.90 Å². The van der Waals surface area contributed by atoms with Gasteiger partial charge in [-0.15, -0.1) is 0 Å². The standard InChI is InChI=1S/C26H23N7O2S2/c1-16-24(35)33(26(36)31-30-16)32-23-19-10-4-5-11-20(19)28-25(29-23)27-14-17-8-2-6-12-21(17)37-22-13-7-3-9-18(22)15-34/h2-13,34H,14-15H2,1H3,(H,31,36)(H2,27,28,29,32). The van der Waals surface area contributed by atoms with E-state index in [2.05, 4.69) is 30.9 Å². The van der Waals surface area contributed by atoms with Gasteiger partial charge in [0.2, 0.25) is 10.7 Å². The molecule has 2 heterocycles. The maximum atomic E-state index is 12.6. The van der Waals surface area contributed by atoms with Gasteiger partial charge >= 0.3 is 0 Å². The van der Waals surface area contributed by atoms with E-state index < -0.39 is 0 Å². The van der Waals surface area contributed by atoms with Crippen LogP contribution in [0.3, 0.4) is 0 Å². The number of anilines is 2. The third kappa shape index (κ3) is 5.38. The van der Waals surface area contributed by atoms with Crippen LogP contribution in [0.15, 0.2) is 87.4 Å². The van der Waals surface area contributed by atoms with Gasteiger partial charge in [0.25, 0.3) is 5.56 Å². The van der Waals surface area contributed by atoms with Gasteiger partial charge in [-0.25, -0.2) is 4.98 Å². The zero-order valence-corrected chi connectivity index (χ0v) is 21.4. The van der Waals surface area contributed by atoms with Crippen molar-refractivity contribution in [1.29, 1.82) is 0 Å². The molecule has 0 aliphatic rings. The van der Waals surface area contributed by atoms with Crippen molar-refractivity contribution in [2.75, 3.05) is 10.7 Å². The number of aliphatic hydroxyl groups is 1. The number of rotatable bonds is 8. The zero-order valence-electron chi connectivity index (χ0n) is 19.8. The highest BCUT2D eigenvalue weighted by molar-refractivity contribution is 7.99. The van der Waals surface area contributed by atoms with Crippen LogP contribution in [0, 0.1) is 11.7 Å². The van der Waals surface area contributed by atoms with Gasteiger partial charge in [0.05, 0.1) is 12.1 Å². The number of nitrogens with one attached hydrogen (secondary N) is 3. The summed E-state index contributed by atoms with van der Waals surface area (Å²) in [6.45, 7) is 2.05. The highest BCUT2D eigenvalue weighted by Gasteiger charge is 2.12. The maximum absolute atomic E-state index is 12.6. The number of fused-ring (bicyclic) bond motifs is 1. The number of aliphatic hydroxyl groups excluding tert-OH is 1. The molecule has 5 aromatic rings. The fourth-order valence-electron chi connectivity index (χ4n) is 3.71. The van der Waals surface area contributed by atoms with Gasteiger partial charge in [-0.05, 0) is 54.5 Å². The molecule has 0 saturated heterocycles.